The molecular weight excluding hydrogens is 517 g/mol. The van der Waals surface area contributed by atoms with E-state index in [-0.39, 0.29) is 12.3 Å². The fourth-order valence-corrected chi connectivity index (χ4v) is 4.19. The molecule has 0 aliphatic heterocycles. The van der Waals surface area contributed by atoms with Crippen molar-refractivity contribution in [2.24, 2.45) is 0 Å². The topological polar surface area (TPSA) is 121 Å². The average Bonchev–Trinajstić information content (AvgIpc) is 3.47. The molecule has 0 amide bonds. The Morgan fingerprint density at radius 3 is 2.86 bits per heavy atom. The number of ether oxygens (including phenoxy) is 2. The monoisotopic (exact) mass is 535 g/mol. The Kier molecular flexibility index (Phi) is 6.90. The third-order valence-electron chi connectivity index (χ3n) is 5.53. The summed E-state index contributed by atoms with van der Waals surface area (Å²) in [6.07, 6.45) is 2.67. The van der Waals surface area contributed by atoms with Crippen LogP contribution in [0.15, 0.2) is 48.7 Å². The van der Waals surface area contributed by atoms with Crippen molar-refractivity contribution in [1.82, 2.24) is 29.8 Å². The third-order valence-corrected chi connectivity index (χ3v) is 6.04. The van der Waals surface area contributed by atoms with Crippen molar-refractivity contribution in [3.05, 3.63) is 70.0 Å². The second-order valence-electron chi connectivity index (χ2n) is 8.08. The molecule has 5 aromatic rings. The van der Waals surface area contributed by atoms with Crippen LogP contribution in [0.5, 0.6) is 11.5 Å². The van der Waals surface area contributed by atoms with Crippen LogP contribution >= 0.6 is 23.2 Å². The van der Waals surface area contributed by atoms with Gasteiger partial charge in [0.2, 0.25) is 0 Å². The quantitative estimate of drug-likeness (QED) is 0.233. The van der Waals surface area contributed by atoms with Crippen LogP contribution in [0.1, 0.15) is 31.0 Å². The number of rotatable bonds is 7. The Morgan fingerprint density at radius 1 is 1.19 bits per heavy atom. The molecule has 0 atom stereocenters. The molecule has 37 heavy (non-hydrogen) atoms. The predicted molar refractivity (Wildman–Crippen MR) is 137 cm³/mol. The summed E-state index contributed by atoms with van der Waals surface area (Å²) in [6, 6.07) is 13.7. The van der Waals surface area contributed by atoms with E-state index in [0.29, 0.717) is 55.7 Å². The van der Waals surface area contributed by atoms with Crippen molar-refractivity contribution in [3.8, 4) is 17.6 Å². The van der Waals surface area contributed by atoms with E-state index in [2.05, 4.69) is 20.4 Å². The number of aromatic nitrogens is 6. The first-order valence-electron chi connectivity index (χ1n) is 11.4. The van der Waals surface area contributed by atoms with Gasteiger partial charge in [0.1, 0.15) is 5.75 Å². The van der Waals surface area contributed by atoms with Crippen molar-refractivity contribution in [2.45, 2.75) is 26.3 Å². The van der Waals surface area contributed by atoms with Crippen LogP contribution in [-0.2, 0) is 11.3 Å². The molecule has 3 heterocycles. The van der Waals surface area contributed by atoms with E-state index in [1.54, 1.807) is 41.2 Å². The summed E-state index contributed by atoms with van der Waals surface area (Å²) >= 11 is 12.5. The van der Waals surface area contributed by atoms with Gasteiger partial charge in [-0.2, -0.15) is 10.4 Å². The Labute approximate surface area is 220 Å². The zero-order valence-corrected chi connectivity index (χ0v) is 21.1. The van der Waals surface area contributed by atoms with Crippen LogP contribution in [0, 0.1) is 11.3 Å². The number of benzene rings is 2. The molecule has 0 saturated carbocycles. The molecule has 0 aliphatic carbocycles. The minimum Gasteiger partial charge on any atom is -0.453 e. The van der Waals surface area contributed by atoms with Crippen LogP contribution in [0.3, 0.4) is 0 Å². The fraction of sp³-hybridized carbons (Fsp3) is 0.200. The molecule has 0 bridgehead atoms. The number of fused-ring (bicyclic) bond motifs is 2. The van der Waals surface area contributed by atoms with Gasteiger partial charge < -0.3 is 9.47 Å². The van der Waals surface area contributed by atoms with Gasteiger partial charge in [-0.25, -0.2) is 14.5 Å². The Morgan fingerprint density at radius 2 is 2.05 bits per heavy atom. The first-order chi connectivity index (χ1) is 18.0. The maximum absolute atomic E-state index is 12.6. The lowest BCUT2D eigenvalue weighted by molar-refractivity contribution is 0.143. The summed E-state index contributed by atoms with van der Waals surface area (Å²) in [6.45, 7) is 2.52. The van der Waals surface area contributed by atoms with Crippen molar-refractivity contribution in [2.75, 3.05) is 6.61 Å². The zero-order chi connectivity index (χ0) is 25.9. The number of nitrogens with zero attached hydrogens (tertiary/aromatic N) is 7. The van der Waals surface area contributed by atoms with E-state index in [0.717, 1.165) is 17.5 Å². The third kappa shape index (κ3) is 4.91. The molecule has 0 fully saturated rings. The summed E-state index contributed by atoms with van der Waals surface area (Å²) in [7, 11) is 0. The van der Waals surface area contributed by atoms with E-state index < -0.39 is 6.09 Å². The summed E-state index contributed by atoms with van der Waals surface area (Å²) in [5.74, 6) is 0.610. The van der Waals surface area contributed by atoms with Gasteiger partial charge in [-0.1, -0.05) is 41.8 Å². The highest BCUT2D eigenvalue weighted by atomic mass is 35.5. The lowest BCUT2D eigenvalue weighted by Crippen LogP contribution is -2.16. The fourth-order valence-electron chi connectivity index (χ4n) is 3.77. The molecule has 0 spiro atoms. The van der Waals surface area contributed by atoms with Crippen molar-refractivity contribution < 1.29 is 14.3 Å². The van der Waals surface area contributed by atoms with E-state index in [9.17, 15) is 10.1 Å². The number of halogens is 2. The van der Waals surface area contributed by atoms with Gasteiger partial charge >= 0.3 is 6.09 Å². The van der Waals surface area contributed by atoms with Crippen molar-refractivity contribution in [1.29, 1.82) is 5.26 Å². The molecule has 186 valence electrons. The molecule has 3 aromatic heterocycles. The average molecular weight is 536 g/mol. The largest absolute Gasteiger partial charge is 0.453 e. The number of carbonyl (C=O) groups is 1. The highest BCUT2D eigenvalue weighted by Crippen LogP contribution is 2.37. The summed E-state index contributed by atoms with van der Waals surface area (Å²) < 4.78 is 14.1. The van der Waals surface area contributed by atoms with E-state index >= 15 is 0 Å². The summed E-state index contributed by atoms with van der Waals surface area (Å²) in [5.41, 5.74) is 2.34. The van der Waals surface area contributed by atoms with Crippen LogP contribution in [0.2, 0.25) is 10.0 Å². The summed E-state index contributed by atoms with van der Waals surface area (Å²) in [5, 5.41) is 23.6. The number of hydrogen-bond donors (Lipinski definition) is 0. The molecule has 2 aromatic carbocycles. The molecule has 0 saturated heterocycles. The van der Waals surface area contributed by atoms with Gasteiger partial charge in [0.05, 0.1) is 41.0 Å². The molecular formula is C25H19Cl2N7O3. The molecule has 0 unspecified atom stereocenters. The second-order valence-corrected chi connectivity index (χ2v) is 8.93. The molecule has 0 aliphatic rings. The Balaban J connectivity index is 1.50. The van der Waals surface area contributed by atoms with E-state index in [4.69, 9.17) is 32.7 Å². The smallest absolute Gasteiger partial charge is 0.436 e. The lowest BCUT2D eigenvalue weighted by Gasteiger charge is -2.09. The molecule has 5 rings (SSSR count). The minimum absolute atomic E-state index is 0.199. The molecule has 0 radical (unpaired) electrons. The molecule has 12 heteroatoms. The van der Waals surface area contributed by atoms with Gasteiger partial charge in [-0.3, -0.25) is 0 Å². The first kappa shape index (κ1) is 24.5. The normalized spacial score (nSPS) is 11.1. The van der Waals surface area contributed by atoms with Crippen LogP contribution < -0.4 is 4.74 Å². The zero-order valence-electron chi connectivity index (χ0n) is 19.6. The van der Waals surface area contributed by atoms with Gasteiger partial charge in [0, 0.05) is 16.6 Å². The molecule has 0 N–H and O–H groups in total. The SMILES string of the molecule is CCCCOC(=O)n1nc(Cn2nnc3c(Oc4cc(Cl)cc(C#N)c4)c(Cl)ccc32)c2cccnc21. The van der Waals surface area contributed by atoms with Crippen LogP contribution in [-0.4, -0.2) is 42.5 Å². The van der Waals surface area contributed by atoms with Crippen LogP contribution in [0.25, 0.3) is 22.1 Å². The maximum Gasteiger partial charge on any atom is 0.436 e. The van der Waals surface area contributed by atoms with E-state index in [1.807, 2.05) is 19.1 Å². The van der Waals surface area contributed by atoms with E-state index in [1.165, 1.54) is 6.07 Å². The van der Waals surface area contributed by atoms with Crippen molar-refractivity contribution >= 4 is 51.4 Å². The maximum atomic E-state index is 12.6. The number of unbranched alkanes of at least 4 members (excludes halogenated alkanes) is 1. The lowest BCUT2D eigenvalue weighted by atomic mass is 10.2. The van der Waals surface area contributed by atoms with Crippen LogP contribution in [0.4, 0.5) is 4.79 Å². The Bertz CT molecular complexity index is 1670. The minimum atomic E-state index is -0.590. The van der Waals surface area contributed by atoms with Crippen molar-refractivity contribution in [3.63, 3.8) is 0 Å². The van der Waals surface area contributed by atoms with Gasteiger partial charge in [0.15, 0.2) is 16.9 Å². The second kappa shape index (κ2) is 10.4. The number of nitriles is 1. The first-order valence-corrected chi connectivity index (χ1v) is 12.1. The number of hydrogen-bond acceptors (Lipinski definition) is 8. The summed E-state index contributed by atoms with van der Waals surface area (Å²) in [4.78, 5) is 16.9. The highest BCUT2D eigenvalue weighted by Gasteiger charge is 2.21. The number of pyridine rings is 1. The molecule has 10 nitrogen and oxygen atoms in total. The Hall–Kier alpha value is -4.20. The van der Waals surface area contributed by atoms with Gasteiger partial charge in [-0.15, -0.1) is 9.78 Å². The van der Waals surface area contributed by atoms with Gasteiger partial charge in [0.25, 0.3) is 0 Å². The number of carbonyl (C=O) groups excluding carboxylic acids is 1. The standard InChI is InChI=1S/C25H19Cl2N7O3/c1-2-3-9-36-25(35)34-24-18(5-4-8-29-24)20(31-34)14-33-21-7-6-19(27)23(22(21)30-32-33)37-17-11-15(13-28)10-16(26)12-17/h4-8,10-12H,2-3,9,14H2,1H3. The van der Waals surface area contributed by atoms with Gasteiger partial charge in [-0.05, 0) is 48.9 Å². The predicted octanol–water partition coefficient (Wildman–Crippen LogP) is 5.98. The highest BCUT2D eigenvalue weighted by molar-refractivity contribution is 6.33.